The Morgan fingerprint density at radius 2 is 1.50 bits per heavy atom. The molecule has 0 aromatic rings. The van der Waals surface area contributed by atoms with Crippen LogP contribution in [0.25, 0.3) is 10.8 Å². The first-order valence-corrected chi connectivity index (χ1v) is 5.74. The zero-order valence-electron chi connectivity index (χ0n) is 6.33. The summed E-state index contributed by atoms with van der Waals surface area (Å²) < 4.78 is 27.3. The summed E-state index contributed by atoms with van der Waals surface area (Å²) in [6.07, 6.45) is 0. The molecule has 0 rings (SSSR count). The van der Waals surface area contributed by atoms with E-state index in [1.54, 1.807) is 0 Å². The average Bonchev–Trinajstić information content (AvgIpc) is 1.53. The van der Waals surface area contributed by atoms with E-state index in [-0.39, 0.29) is 21.1 Å². The van der Waals surface area contributed by atoms with Crippen molar-refractivity contribution in [3.63, 3.8) is 0 Å². The second kappa shape index (κ2) is 5.57. The molecule has 0 spiro atoms. The minimum absolute atomic E-state index is 0. The van der Waals surface area contributed by atoms with E-state index in [2.05, 4.69) is 7.45 Å². The third-order valence-electron chi connectivity index (χ3n) is 0.495. The molecule has 6 nitrogen and oxygen atoms in total. The first kappa shape index (κ1) is 14.5. The monoisotopic (exact) mass is 417 g/mol. The molecular weight excluding hydrogens is 410 g/mol. The Morgan fingerprint density at radius 3 is 1.67 bits per heavy atom. The van der Waals surface area contributed by atoms with Crippen LogP contribution >= 0.6 is 0 Å². The molecule has 0 unspecified atom stereocenters. The molecule has 0 atom stereocenters. The molecule has 0 aromatic heterocycles. The van der Waals surface area contributed by atoms with Gasteiger partial charge in [0.15, 0.2) is 0 Å². The van der Waals surface area contributed by atoms with Crippen LogP contribution < -0.4 is 0 Å². The van der Waals surface area contributed by atoms with Crippen molar-refractivity contribution in [1.29, 1.82) is 0 Å². The zero-order valence-corrected chi connectivity index (χ0v) is 10.5. The van der Waals surface area contributed by atoms with Crippen LogP contribution in [0.3, 0.4) is 0 Å². The fourth-order valence-electron chi connectivity index (χ4n) is 0.353. The quantitative estimate of drug-likeness (QED) is 0.384. The van der Waals surface area contributed by atoms with Crippen molar-refractivity contribution in [3.8, 4) is 0 Å². The molecule has 0 saturated heterocycles. The summed E-state index contributed by atoms with van der Waals surface area (Å²) in [5.74, 6) is -1.37. The van der Waals surface area contributed by atoms with Gasteiger partial charge in [-0.25, -0.2) is 0 Å². The van der Waals surface area contributed by atoms with Gasteiger partial charge in [0, 0.05) is 0 Å². The Hall–Kier alpha value is -0.0532. The second-order valence-corrected chi connectivity index (χ2v) is 4.42. The van der Waals surface area contributed by atoms with Gasteiger partial charge in [0.2, 0.25) is 0 Å². The molecule has 12 heavy (non-hydrogen) atoms. The summed E-state index contributed by atoms with van der Waals surface area (Å²) in [6, 6.07) is 0. The van der Waals surface area contributed by atoms with Gasteiger partial charge >= 0.3 is 87.3 Å². The predicted octanol–water partition coefficient (Wildman–Crippen LogP) is -0.149. The third-order valence-corrected chi connectivity index (χ3v) is 2.57. The van der Waals surface area contributed by atoms with Crippen molar-refractivity contribution in [2.75, 3.05) is 0 Å². The van der Waals surface area contributed by atoms with Crippen LogP contribution in [0.2, 0.25) is 0 Å². The summed E-state index contributed by atoms with van der Waals surface area (Å²) in [5.41, 5.74) is 0. The summed E-state index contributed by atoms with van der Waals surface area (Å²) in [7, 11) is 0. The molecule has 0 aliphatic carbocycles. The van der Waals surface area contributed by atoms with E-state index in [4.69, 9.17) is 14.9 Å². The van der Waals surface area contributed by atoms with Crippen LogP contribution in [0.5, 0.6) is 0 Å². The molecule has 0 aliphatic rings. The fourth-order valence-corrected chi connectivity index (χ4v) is 1.83. The van der Waals surface area contributed by atoms with Crippen molar-refractivity contribution >= 4 is 26.3 Å². The summed E-state index contributed by atoms with van der Waals surface area (Å²) in [6.45, 7) is 2.14. The van der Waals surface area contributed by atoms with Crippen LogP contribution in [0.4, 0.5) is 0 Å². The molecule has 0 bridgehead atoms. The maximum Gasteiger partial charge on any atom is 2.00 e. The zero-order chi connectivity index (χ0) is 9.07. The summed E-state index contributed by atoms with van der Waals surface area (Å²) in [4.78, 5) is 0. The molecule has 0 heterocycles. The normalized spacial score (nSPS) is 9.58. The van der Waals surface area contributed by atoms with Crippen LogP contribution in [-0.4, -0.2) is 30.4 Å². The maximum absolute atomic E-state index is 10.6. The van der Waals surface area contributed by atoms with Gasteiger partial charge in [-0.3, -0.25) is 0 Å². The second-order valence-electron chi connectivity index (χ2n) is 1.69. The first-order chi connectivity index (χ1) is 4.83. The van der Waals surface area contributed by atoms with Crippen molar-refractivity contribution in [1.82, 2.24) is 0 Å². The summed E-state index contributed by atoms with van der Waals surface area (Å²) in [5, 5.41) is 16.8. The Balaban J connectivity index is 0. The largest absolute Gasteiger partial charge is 2.00 e. The van der Waals surface area contributed by atoms with E-state index < -0.39 is 26.3 Å². The van der Waals surface area contributed by atoms with Crippen molar-refractivity contribution < 1.29 is 36.4 Å². The summed E-state index contributed by atoms with van der Waals surface area (Å²) >= 11 is -4.98. The molecule has 0 aromatic carbocycles. The number of rotatable bonds is 2. The molecule has 72 valence electrons. The topological polar surface area (TPSA) is 100 Å². The molecule has 8 heteroatoms. The number of hydrogen-bond acceptors (Lipinski definition) is 3. The fraction of sp³-hybridized carbons (Fsp3) is 0.500. The standard InChI is InChI=1S/C4H7AsN2O4.Pt/c1-3(6)10-5(8,9)11-4(2)7;/h1-2H3,(H,8,9);/q-2;+2. The molecule has 0 radical (unpaired) electrons. The van der Waals surface area contributed by atoms with Crippen LogP contribution in [0.1, 0.15) is 13.8 Å². The minimum atomic E-state index is -4.98. The van der Waals surface area contributed by atoms with Crippen molar-refractivity contribution in [2.24, 2.45) is 0 Å². The Morgan fingerprint density at radius 1 is 1.25 bits per heavy atom. The molecule has 0 saturated carbocycles. The van der Waals surface area contributed by atoms with E-state index in [9.17, 15) is 3.74 Å². The van der Waals surface area contributed by atoms with Gasteiger partial charge < -0.3 is 0 Å². The van der Waals surface area contributed by atoms with E-state index >= 15 is 0 Å². The Kier molecular flexibility index (Phi) is 6.71. The number of hydrogen-bond donors (Lipinski definition) is 1. The van der Waals surface area contributed by atoms with Gasteiger partial charge in [-0.2, -0.15) is 0 Å². The molecule has 0 fully saturated rings. The van der Waals surface area contributed by atoms with E-state index in [1.165, 1.54) is 0 Å². The molecule has 1 N–H and O–H groups in total. The van der Waals surface area contributed by atoms with Gasteiger partial charge in [-0.15, -0.1) is 0 Å². The Labute approximate surface area is 87.3 Å². The van der Waals surface area contributed by atoms with Crippen molar-refractivity contribution in [3.05, 3.63) is 10.8 Å². The van der Waals surface area contributed by atoms with Gasteiger partial charge in [0.05, 0.1) is 0 Å². The van der Waals surface area contributed by atoms with E-state index in [1.807, 2.05) is 0 Å². The van der Waals surface area contributed by atoms with Gasteiger partial charge in [0.1, 0.15) is 0 Å². The SMILES string of the molecule is CC(=[N-])O[As](=O)(O)OC(C)=[N-].[Pt+2]. The van der Waals surface area contributed by atoms with Gasteiger partial charge in [-0.05, 0) is 0 Å². The molecule has 0 aliphatic heterocycles. The van der Waals surface area contributed by atoms with E-state index in [0.29, 0.717) is 0 Å². The van der Waals surface area contributed by atoms with E-state index in [0.717, 1.165) is 13.8 Å². The van der Waals surface area contributed by atoms with Crippen LogP contribution in [0, 0.1) is 0 Å². The Bertz CT molecular complexity index is 211. The molecule has 0 amide bonds. The van der Waals surface area contributed by atoms with Crippen LogP contribution in [0.15, 0.2) is 0 Å². The van der Waals surface area contributed by atoms with Crippen LogP contribution in [-0.2, 0) is 32.3 Å². The van der Waals surface area contributed by atoms with Gasteiger partial charge in [0.25, 0.3) is 0 Å². The minimum Gasteiger partial charge on any atom is 2.00 e. The van der Waals surface area contributed by atoms with Crippen molar-refractivity contribution in [2.45, 2.75) is 13.8 Å². The first-order valence-electron chi connectivity index (χ1n) is 2.60. The third kappa shape index (κ3) is 8.05. The molecular formula is C4H7AsN2O4Pt. The maximum atomic E-state index is 10.6. The predicted molar refractivity (Wildman–Crippen MR) is 38.9 cm³/mol. The smallest absolute Gasteiger partial charge is 2.00 e. The number of nitrogens with zero attached hydrogens (tertiary/aromatic N) is 2. The van der Waals surface area contributed by atoms with Gasteiger partial charge in [-0.1, -0.05) is 0 Å². The average molecular weight is 417 g/mol.